The minimum atomic E-state index is -0.179. The highest BCUT2D eigenvalue weighted by Gasteiger charge is 2.11. The maximum Gasteiger partial charge on any atom is 0.287 e. The highest BCUT2D eigenvalue weighted by molar-refractivity contribution is 9.10. The molecule has 1 aromatic rings. The van der Waals surface area contributed by atoms with Crippen LogP contribution in [0.1, 0.15) is 30.3 Å². The fraction of sp³-hybridized carbons (Fsp3) is 0.500. The molecule has 0 radical (unpaired) electrons. The first-order valence-corrected chi connectivity index (χ1v) is 6.52. The van der Waals surface area contributed by atoms with Crippen molar-refractivity contribution in [2.24, 2.45) is 0 Å². The highest BCUT2D eigenvalue weighted by Crippen LogP contribution is 2.14. The van der Waals surface area contributed by atoms with Crippen LogP contribution in [0.4, 0.5) is 0 Å². The van der Waals surface area contributed by atoms with Crippen LogP contribution in [0, 0.1) is 0 Å². The Labute approximate surface area is 106 Å². The molecule has 1 amide bonds. The molecule has 0 aliphatic carbocycles. The second-order valence-corrected chi connectivity index (χ2v) is 5.28. The fourth-order valence-electron chi connectivity index (χ4n) is 1.14. The Balaban J connectivity index is 2.36. The van der Waals surface area contributed by atoms with E-state index in [4.69, 9.17) is 4.42 Å². The molecule has 84 valence electrons. The van der Waals surface area contributed by atoms with Gasteiger partial charge in [0.15, 0.2) is 10.4 Å². The minimum absolute atomic E-state index is 0.179. The molecule has 0 bridgehead atoms. The van der Waals surface area contributed by atoms with Gasteiger partial charge < -0.3 is 9.73 Å². The zero-order valence-electron chi connectivity index (χ0n) is 8.43. The van der Waals surface area contributed by atoms with E-state index in [0.29, 0.717) is 21.8 Å². The van der Waals surface area contributed by atoms with Crippen molar-refractivity contribution in [1.82, 2.24) is 5.32 Å². The maximum absolute atomic E-state index is 11.5. The van der Waals surface area contributed by atoms with Gasteiger partial charge in [-0.2, -0.15) is 0 Å². The second-order valence-electron chi connectivity index (χ2n) is 3.20. The topological polar surface area (TPSA) is 42.2 Å². The van der Waals surface area contributed by atoms with Gasteiger partial charge >= 0.3 is 0 Å². The van der Waals surface area contributed by atoms with E-state index in [1.54, 1.807) is 12.1 Å². The molecule has 0 spiro atoms. The van der Waals surface area contributed by atoms with E-state index in [1.165, 1.54) is 0 Å². The van der Waals surface area contributed by atoms with E-state index >= 15 is 0 Å². The number of furan rings is 1. The molecule has 0 aliphatic heterocycles. The van der Waals surface area contributed by atoms with E-state index in [-0.39, 0.29) is 5.91 Å². The van der Waals surface area contributed by atoms with Crippen molar-refractivity contribution in [3.8, 4) is 0 Å². The third-order valence-corrected chi connectivity index (χ3v) is 3.09. The van der Waals surface area contributed by atoms with E-state index in [1.807, 2.05) is 0 Å². The van der Waals surface area contributed by atoms with Gasteiger partial charge in [0.1, 0.15) is 0 Å². The molecule has 0 fully saturated rings. The third kappa shape index (κ3) is 4.38. The highest BCUT2D eigenvalue weighted by atomic mass is 79.9. The van der Waals surface area contributed by atoms with Crippen molar-refractivity contribution < 1.29 is 9.21 Å². The first-order chi connectivity index (χ1) is 7.13. The van der Waals surface area contributed by atoms with Crippen LogP contribution in [0.2, 0.25) is 0 Å². The number of amides is 1. The summed E-state index contributed by atoms with van der Waals surface area (Å²) in [5.74, 6) is 0.152. The molecular formula is C10H13Br2NO2. The van der Waals surface area contributed by atoms with Crippen LogP contribution in [-0.4, -0.2) is 17.3 Å². The Morgan fingerprint density at radius 1 is 1.60 bits per heavy atom. The van der Waals surface area contributed by atoms with Gasteiger partial charge in [-0.1, -0.05) is 29.3 Å². The van der Waals surface area contributed by atoms with Gasteiger partial charge in [-0.3, -0.25) is 4.79 Å². The van der Waals surface area contributed by atoms with Crippen LogP contribution < -0.4 is 5.32 Å². The number of carbonyl (C=O) groups excluding carboxylic acids is 1. The summed E-state index contributed by atoms with van der Waals surface area (Å²) in [6.07, 6.45) is 2.14. The van der Waals surface area contributed by atoms with Crippen LogP contribution in [0.15, 0.2) is 21.2 Å². The van der Waals surface area contributed by atoms with E-state index in [0.717, 1.165) is 12.8 Å². The molecule has 0 saturated heterocycles. The van der Waals surface area contributed by atoms with Crippen molar-refractivity contribution >= 4 is 37.8 Å². The summed E-state index contributed by atoms with van der Waals surface area (Å²) in [5, 5.41) is 2.80. The molecule has 15 heavy (non-hydrogen) atoms. The molecule has 1 atom stereocenters. The molecule has 1 N–H and O–H groups in total. The van der Waals surface area contributed by atoms with Crippen LogP contribution in [0.5, 0.6) is 0 Å². The van der Waals surface area contributed by atoms with Gasteiger partial charge in [-0.25, -0.2) is 0 Å². The number of rotatable bonds is 5. The number of nitrogens with one attached hydrogen (secondary N) is 1. The number of halogens is 2. The zero-order chi connectivity index (χ0) is 11.3. The second kappa shape index (κ2) is 6.33. The summed E-state index contributed by atoms with van der Waals surface area (Å²) in [6.45, 7) is 2.73. The lowest BCUT2D eigenvalue weighted by Crippen LogP contribution is -2.29. The lowest BCUT2D eigenvalue weighted by atomic mass is 10.2. The third-order valence-electron chi connectivity index (χ3n) is 1.88. The van der Waals surface area contributed by atoms with Crippen LogP contribution in [0.25, 0.3) is 0 Å². The summed E-state index contributed by atoms with van der Waals surface area (Å²) < 4.78 is 5.69. The van der Waals surface area contributed by atoms with Gasteiger partial charge in [0.05, 0.1) is 0 Å². The summed E-state index contributed by atoms with van der Waals surface area (Å²) in [5.41, 5.74) is 0. The number of carbonyl (C=O) groups is 1. The smallest absolute Gasteiger partial charge is 0.287 e. The Morgan fingerprint density at radius 2 is 2.33 bits per heavy atom. The van der Waals surface area contributed by atoms with Crippen molar-refractivity contribution in [3.63, 3.8) is 0 Å². The molecule has 3 nitrogen and oxygen atoms in total. The normalized spacial score (nSPS) is 12.5. The van der Waals surface area contributed by atoms with E-state index in [2.05, 4.69) is 44.1 Å². The van der Waals surface area contributed by atoms with Crippen LogP contribution in [0.3, 0.4) is 0 Å². The lowest BCUT2D eigenvalue weighted by Gasteiger charge is -2.08. The van der Waals surface area contributed by atoms with Gasteiger partial charge in [0.25, 0.3) is 5.91 Å². The maximum atomic E-state index is 11.5. The fourth-order valence-corrected chi connectivity index (χ4v) is 2.07. The zero-order valence-corrected chi connectivity index (χ0v) is 11.6. The van der Waals surface area contributed by atoms with E-state index in [9.17, 15) is 4.79 Å². The molecule has 1 aromatic heterocycles. The average Bonchev–Trinajstić information content (AvgIpc) is 2.62. The van der Waals surface area contributed by atoms with E-state index < -0.39 is 0 Å². The number of hydrogen-bond acceptors (Lipinski definition) is 2. The van der Waals surface area contributed by atoms with Gasteiger partial charge in [-0.05, 0) is 34.5 Å². The standard InChI is InChI=1S/C10H13Br2NO2/c1-2-3-7(11)6-13-10(14)8-4-5-9(12)15-8/h4-5,7H,2-3,6H2,1H3,(H,13,14). The van der Waals surface area contributed by atoms with Crippen molar-refractivity contribution in [3.05, 3.63) is 22.6 Å². The van der Waals surface area contributed by atoms with Crippen molar-refractivity contribution in [2.45, 2.75) is 24.6 Å². The van der Waals surface area contributed by atoms with Crippen molar-refractivity contribution in [1.29, 1.82) is 0 Å². The number of hydrogen-bond donors (Lipinski definition) is 1. The van der Waals surface area contributed by atoms with Gasteiger partial charge in [-0.15, -0.1) is 0 Å². The summed E-state index contributed by atoms with van der Waals surface area (Å²) in [7, 11) is 0. The summed E-state index contributed by atoms with van der Waals surface area (Å²) in [4.78, 5) is 11.8. The van der Waals surface area contributed by atoms with Crippen molar-refractivity contribution in [2.75, 3.05) is 6.54 Å². The van der Waals surface area contributed by atoms with Crippen LogP contribution >= 0.6 is 31.9 Å². The quantitative estimate of drug-likeness (QED) is 0.837. The molecule has 1 rings (SSSR count). The monoisotopic (exact) mass is 337 g/mol. The molecule has 1 unspecified atom stereocenters. The Kier molecular flexibility index (Phi) is 5.39. The average molecular weight is 339 g/mol. The minimum Gasteiger partial charge on any atom is -0.444 e. The summed E-state index contributed by atoms with van der Waals surface area (Å²) >= 11 is 6.64. The van der Waals surface area contributed by atoms with Crippen LogP contribution in [-0.2, 0) is 0 Å². The molecule has 1 heterocycles. The first kappa shape index (κ1) is 12.8. The first-order valence-electron chi connectivity index (χ1n) is 4.81. The Hall–Kier alpha value is -0.290. The SMILES string of the molecule is CCCC(Br)CNC(=O)c1ccc(Br)o1. The molecule has 5 heteroatoms. The molecular weight excluding hydrogens is 326 g/mol. The largest absolute Gasteiger partial charge is 0.444 e. The predicted octanol–water partition coefficient (Wildman–Crippen LogP) is 3.34. The molecule has 0 aromatic carbocycles. The Bertz CT molecular complexity index is 325. The number of alkyl halides is 1. The van der Waals surface area contributed by atoms with Gasteiger partial charge in [0.2, 0.25) is 0 Å². The summed E-state index contributed by atoms with van der Waals surface area (Å²) in [6, 6.07) is 3.34. The molecule has 0 aliphatic rings. The predicted molar refractivity (Wildman–Crippen MR) is 66.4 cm³/mol. The van der Waals surface area contributed by atoms with Gasteiger partial charge in [0, 0.05) is 11.4 Å². The lowest BCUT2D eigenvalue weighted by molar-refractivity contribution is 0.0924. The Morgan fingerprint density at radius 3 is 2.87 bits per heavy atom. The molecule has 0 saturated carbocycles.